The Bertz CT molecular complexity index is 1460. The van der Waals surface area contributed by atoms with Crippen LogP contribution in [0.4, 0.5) is 15.9 Å². The normalized spacial score (nSPS) is 21.9. The second kappa shape index (κ2) is 7.07. The molecule has 1 aliphatic heterocycles. The van der Waals surface area contributed by atoms with E-state index in [4.69, 9.17) is 20.4 Å². The number of fused-ring (bicyclic) bond motifs is 5. The SMILES string of the molecule is CNc1cc(F)cc2c1Cc1nc(Oc3cnc4cccnc4c3)nc(N3C[C@@H]4C(N)[C@@H]4C3)c1-2. The second-order valence-corrected chi connectivity index (χ2v) is 9.18. The molecule has 3 N–H and O–H groups in total. The quantitative estimate of drug-likeness (QED) is 0.425. The number of anilines is 2. The predicted octanol–water partition coefficient (Wildman–Crippen LogP) is 3.36. The smallest absolute Gasteiger partial charge is 0.324 e. The molecule has 9 heteroatoms. The number of rotatable bonds is 4. The summed E-state index contributed by atoms with van der Waals surface area (Å²) in [5.74, 6) is 1.96. The fraction of sp³-hybridized carbons (Fsp3) is 0.280. The van der Waals surface area contributed by atoms with Crippen molar-refractivity contribution in [1.29, 1.82) is 0 Å². The number of piperidine rings is 1. The highest BCUT2D eigenvalue weighted by Crippen LogP contribution is 2.50. The Labute approximate surface area is 195 Å². The first-order chi connectivity index (χ1) is 16.6. The molecular formula is C25H22FN7O. The van der Waals surface area contributed by atoms with Gasteiger partial charge in [-0.05, 0) is 47.2 Å². The van der Waals surface area contributed by atoms with Crippen LogP contribution < -0.4 is 20.7 Å². The molecule has 1 saturated heterocycles. The van der Waals surface area contributed by atoms with Crippen molar-refractivity contribution in [3.8, 4) is 22.9 Å². The number of halogens is 1. The van der Waals surface area contributed by atoms with Gasteiger partial charge in [-0.1, -0.05) is 0 Å². The van der Waals surface area contributed by atoms with Crippen molar-refractivity contribution in [1.82, 2.24) is 19.9 Å². The van der Waals surface area contributed by atoms with E-state index in [2.05, 4.69) is 20.2 Å². The van der Waals surface area contributed by atoms with Gasteiger partial charge in [-0.2, -0.15) is 9.97 Å². The lowest BCUT2D eigenvalue weighted by molar-refractivity contribution is 0.439. The zero-order valence-electron chi connectivity index (χ0n) is 18.5. The maximum atomic E-state index is 14.5. The van der Waals surface area contributed by atoms with E-state index in [1.54, 1.807) is 25.5 Å². The molecule has 34 heavy (non-hydrogen) atoms. The summed E-state index contributed by atoms with van der Waals surface area (Å²) in [5.41, 5.74) is 12.0. The van der Waals surface area contributed by atoms with Gasteiger partial charge in [0.2, 0.25) is 0 Å². The van der Waals surface area contributed by atoms with Crippen LogP contribution in [0.3, 0.4) is 0 Å². The minimum absolute atomic E-state index is 0.245. The van der Waals surface area contributed by atoms with Crippen LogP contribution in [0.5, 0.6) is 11.8 Å². The van der Waals surface area contributed by atoms with E-state index in [9.17, 15) is 4.39 Å². The lowest BCUT2D eigenvalue weighted by Crippen LogP contribution is -2.29. The predicted molar refractivity (Wildman–Crippen MR) is 127 cm³/mol. The number of hydrogen-bond acceptors (Lipinski definition) is 8. The molecule has 0 radical (unpaired) electrons. The second-order valence-electron chi connectivity index (χ2n) is 9.18. The standard InChI is InChI=1S/C25H22FN7O/c1-28-19-6-12(26)5-15-14(19)8-21-22(15)24(33-10-16-17(11-33)23(16)27)32-25(31-21)34-13-7-20-18(30-9-13)3-2-4-29-20/h2-7,9,16-17,23,28H,8,10-11,27H2,1H3/t16-,17+,23?. The lowest BCUT2D eigenvalue weighted by Gasteiger charge is -2.23. The highest BCUT2D eigenvalue weighted by molar-refractivity contribution is 5.88. The van der Waals surface area contributed by atoms with Crippen molar-refractivity contribution in [2.75, 3.05) is 30.4 Å². The molecule has 170 valence electrons. The maximum absolute atomic E-state index is 14.5. The summed E-state index contributed by atoms with van der Waals surface area (Å²) in [4.78, 5) is 20.6. The molecule has 4 heterocycles. The Balaban J connectivity index is 1.33. The third-order valence-corrected chi connectivity index (χ3v) is 7.24. The van der Waals surface area contributed by atoms with Gasteiger partial charge >= 0.3 is 6.01 Å². The van der Waals surface area contributed by atoms with Crippen LogP contribution in [0.15, 0.2) is 42.7 Å². The van der Waals surface area contributed by atoms with Gasteiger partial charge < -0.3 is 20.7 Å². The molecule has 1 aromatic carbocycles. The summed E-state index contributed by atoms with van der Waals surface area (Å²) >= 11 is 0. The molecule has 2 fully saturated rings. The van der Waals surface area contributed by atoms with E-state index in [0.717, 1.165) is 58.0 Å². The van der Waals surface area contributed by atoms with Crippen molar-refractivity contribution in [2.45, 2.75) is 12.5 Å². The minimum Gasteiger partial charge on any atom is -0.423 e. The first-order valence-electron chi connectivity index (χ1n) is 11.4. The van der Waals surface area contributed by atoms with Crippen LogP contribution >= 0.6 is 0 Å². The van der Waals surface area contributed by atoms with Crippen LogP contribution in [-0.4, -0.2) is 46.1 Å². The number of nitrogens with one attached hydrogen (secondary N) is 1. The fourth-order valence-corrected chi connectivity index (χ4v) is 5.43. The summed E-state index contributed by atoms with van der Waals surface area (Å²) in [6.07, 6.45) is 3.94. The number of nitrogens with zero attached hydrogens (tertiary/aromatic N) is 5. The average Bonchev–Trinajstić information content (AvgIpc) is 3.19. The minimum atomic E-state index is -0.289. The number of benzene rings is 1. The van der Waals surface area contributed by atoms with E-state index in [0.29, 0.717) is 24.0 Å². The Kier molecular flexibility index (Phi) is 4.08. The first-order valence-corrected chi connectivity index (χ1v) is 11.4. The number of nitrogens with two attached hydrogens (primary N) is 1. The highest BCUT2D eigenvalue weighted by Gasteiger charge is 2.54. The summed E-state index contributed by atoms with van der Waals surface area (Å²) in [6.45, 7) is 1.67. The molecule has 3 atom stereocenters. The van der Waals surface area contributed by atoms with Gasteiger partial charge in [-0.3, -0.25) is 9.97 Å². The van der Waals surface area contributed by atoms with Crippen molar-refractivity contribution in [2.24, 2.45) is 17.6 Å². The van der Waals surface area contributed by atoms with Crippen LogP contribution in [0.2, 0.25) is 0 Å². The summed E-state index contributed by atoms with van der Waals surface area (Å²) < 4.78 is 20.6. The first kappa shape index (κ1) is 19.6. The average molecular weight is 455 g/mol. The van der Waals surface area contributed by atoms with Crippen molar-refractivity contribution >= 4 is 22.5 Å². The fourth-order valence-electron chi connectivity index (χ4n) is 5.43. The molecule has 1 saturated carbocycles. The third kappa shape index (κ3) is 2.93. The molecule has 1 unspecified atom stereocenters. The summed E-state index contributed by atoms with van der Waals surface area (Å²) in [5, 5.41) is 3.12. The van der Waals surface area contributed by atoms with Crippen LogP contribution in [0, 0.1) is 17.7 Å². The highest BCUT2D eigenvalue weighted by atomic mass is 19.1. The monoisotopic (exact) mass is 455 g/mol. The zero-order chi connectivity index (χ0) is 23.0. The zero-order valence-corrected chi connectivity index (χ0v) is 18.5. The summed E-state index contributed by atoms with van der Waals surface area (Å²) in [7, 11) is 1.80. The molecule has 7 rings (SSSR count). The van der Waals surface area contributed by atoms with E-state index in [1.165, 1.54) is 6.07 Å². The van der Waals surface area contributed by atoms with Crippen LogP contribution in [0.25, 0.3) is 22.2 Å². The van der Waals surface area contributed by atoms with Crippen molar-refractivity contribution < 1.29 is 9.13 Å². The van der Waals surface area contributed by atoms with E-state index < -0.39 is 0 Å². The maximum Gasteiger partial charge on any atom is 0.324 e. The molecule has 0 amide bonds. The molecule has 0 bridgehead atoms. The third-order valence-electron chi connectivity index (χ3n) is 7.24. The van der Waals surface area contributed by atoms with Gasteiger partial charge in [-0.25, -0.2) is 4.39 Å². The molecule has 8 nitrogen and oxygen atoms in total. The number of aromatic nitrogens is 4. The van der Waals surface area contributed by atoms with E-state index in [-0.39, 0.29) is 17.9 Å². The van der Waals surface area contributed by atoms with Crippen LogP contribution in [0.1, 0.15) is 11.3 Å². The van der Waals surface area contributed by atoms with Gasteiger partial charge in [0.15, 0.2) is 5.75 Å². The Morgan fingerprint density at radius 2 is 1.97 bits per heavy atom. The largest absolute Gasteiger partial charge is 0.423 e. The lowest BCUT2D eigenvalue weighted by atomic mass is 10.0. The van der Waals surface area contributed by atoms with E-state index >= 15 is 0 Å². The molecule has 2 aliphatic carbocycles. The summed E-state index contributed by atoms with van der Waals surface area (Å²) in [6, 6.07) is 9.18. The van der Waals surface area contributed by atoms with Crippen molar-refractivity contribution in [3.05, 3.63) is 59.8 Å². The number of hydrogen-bond donors (Lipinski definition) is 2. The van der Waals surface area contributed by atoms with Gasteiger partial charge in [0, 0.05) is 56.1 Å². The van der Waals surface area contributed by atoms with Crippen molar-refractivity contribution in [3.63, 3.8) is 0 Å². The topological polar surface area (TPSA) is 102 Å². The van der Waals surface area contributed by atoms with E-state index in [1.807, 2.05) is 18.2 Å². The van der Waals surface area contributed by atoms with Gasteiger partial charge in [0.25, 0.3) is 0 Å². The molecule has 3 aliphatic rings. The molecule has 4 aromatic rings. The van der Waals surface area contributed by atoms with Crippen LogP contribution in [-0.2, 0) is 6.42 Å². The molecule has 3 aromatic heterocycles. The Hall–Kier alpha value is -3.85. The number of ether oxygens (including phenoxy) is 1. The molecule has 0 spiro atoms. The Morgan fingerprint density at radius 1 is 1.12 bits per heavy atom. The number of pyridine rings is 2. The van der Waals surface area contributed by atoms with Gasteiger partial charge in [-0.15, -0.1) is 0 Å². The van der Waals surface area contributed by atoms with Gasteiger partial charge in [0.05, 0.1) is 22.9 Å². The Morgan fingerprint density at radius 3 is 2.79 bits per heavy atom. The molecular weight excluding hydrogens is 433 g/mol. The van der Waals surface area contributed by atoms with Gasteiger partial charge in [0.1, 0.15) is 11.6 Å².